The lowest BCUT2D eigenvalue weighted by atomic mass is 10.2. The van der Waals surface area contributed by atoms with E-state index in [1.807, 2.05) is 49.4 Å². The number of amides is 1. The first-order valence-electron chi connectivity index (χ1n) is 6.85. The molecular formula is C17H20N2O. The monoisotopic (exact) mass is 268 g/mol. The van der Waals surface area contributed by atoms with Crippen LogP contribution >= 0.6 is 0 Å². The van der Waals surface area contributed by atoms with Crippen molar-refractivity contribution in [3.05, 3.63) is 65.7 Å². The second-order valence-corrected chi connectivity index (χ2v) is 4.83. The second kappa shape index (κ2) is 7.46. The zero-order valence-electron chi connectivity index (χ0n) is 11.7. The van der Waals surface area contributed by atoms with Crippen LogP contribution in [0.25, 0.3) is 0 Å². The summed E-state index contributed by atoms with van der Waals surface area (Å²) in [5.41, 5.74) is 3.27. The van der Waals surface area contributed by atoms with Gasteiger partial charge in [-0.3, -0.25) is 4.79 Å². The third-order valence-corrected chi connectivity index (χ3v) is 3.04. The average molecular weight is 268 g/mol. The molecule has 0 fully saturated rings. The minimum Gasteiger partial charge on any atom is -0.326 e. The normalized spacial score (nSPS) is 10.2. The Kier molecular flexibility index (Phi) is 5.33. The number of hydrogen-bond donors (Lipinski definition) is 2. The molecule has 0 unspecified atom stereocenters. The Morgan fingerprint density at radius 3 is 2.40 bits per heavy atom. The highest BCUT2D eigenvalue weighted by molar-refractivity contribution is 5.90. The van der Waals surface area contributed by atoms with Crippen LogP contribution in [0.15, 0.2) is 54.6 Å². The number of anilines is 1. The van der Waals surface area contributed by atoms with E-state index in [0.717, 1.165) is 12.2 Å². The van der Waals surface area contributed by atoms with E-state index in [-0.39, 0.29) is 5.91 Å². The maximum atomic E-state index is 11.8. The van der Waals surface area contributed by atoms with Crippen molar-refractivity contribution in [3.63, 3.8) is 0 Å². The van der Waals surface area contributed by atoms with E-state index in [4.69, 9.17) is 0 Å². The van der Waals surface area contributed by atoms with Crippen molar-refractivity contribution in [2.45, 2.75) is 19.9 Å². The summed E-state index contributed by atoms with van der Waals surface area (Å²) in [4.78, 5) is 11.8. The van der Waals surface area contributed by atoms with Gasteiger partial charge in [-0.25, -0.2) is 0 Å². The van der Waals surface area contributed by atoms with Crippen LogP contribution in [0.5, 0.6) is 0 Å². The molecule has 0 atom stereocenters. The highest BCUT2D eigenvalue weighted by Crippen LogP contribution is 2.08. The predicted molar refractivity (Wildman–Crippen MR) is 82.6 cm³/mol. The van der Waals surface area contributed by atoms with Gasteiger partial charge < -0.3 is 10.6 Å². The van der Waals surface area contributed by atoms with Crippen molar-refractivity contribution in [2.24, 2.45) is 0 Å². The van der Waals surface area contributed by atoms with E-state index in [0.29, 0.717) is 13.0 Å². The molecule has 3 heteroatoms. The van der Waals surface area contributed by atoms with Crippen molar-refractivity contribution in [3.8, 4) is 0 Å². The number of hydrogen-bond acceptors (Lipinski definition) is 2. The first kappa shape index (κ1) is 14.3. The lowest BCUT2D eigenvalue weighted by Gasteiger charge is -2.07. The van der Waals surface area contributed by atoms with Gasteiger partial charge in [0.1, 0.15) is 0 Å². The van der Waals surface area contributed by atoms with Gasteiger partial charge in [-0.2, -0.15) is 0 Å². The summed E-state index contributed by atoms with van der Waals surface area (Å²) in [6.45, 7) is 3.49. The number of aryl methyl sites for hydroxylation is 1. The average Bonchev–Trinajstić information content (AvgIpc) is 2.47. The molecule has 2 rings (SSSR count). The zero-order chi connectivity index (χ0) is 14.2. The summed E-state index contributed by atoms with van der Waals surface area (Å²) < 4.78 is 0. The largest absolute Gasteiger partial charge is 0.326 e. The molecule has 0 aliphatic heterocycles. The van der Waals surface area contributed by atoms with Crippen LogP contribution in [-0.4, -0.2) is 12.5 Å². The second-order valence-electron chi connectivity index (χ2n) is 4.83. The van der Waals surface area contributed by atoms with Crippen molar-refractivity contribution in [1.29, 1.82) is 0 Å². The van der Waals surface area contributed by atoms with Crippen LogP contribution in [0.2, 0.25) is 0 Å². The summed E-state index contributed by atoms with van der Waals surface area (Å²) in [6, 6.07) is 18.0. The molecule has 2 N–H and O–H groups in total. The van der Waals surface area contributed by atoms with Gasteiger partial charge in [0, 0.05) is 25.2 Å². The molecule has 0 aliphatic carbocycles. The molecule has 0 aliphatic rings. The van der Waals surface area contributed by atoms with Crippen LogP contribution in [0.4, 0.5) is 5.69 Å². The molecule has 0 bridgehead atoms. The summed E-state index contributed by atoms with van der Waals surface area (Å²) in [6.07, 6.45) is 0.473. The maximum absolute atomic E-state index is 11.8. The van der Waals surface area contributed by atoms with Crippen molar-refractivity contribution < 1.29 is 4.79 Å². The predicted octanol–water partition coefficient (Wildman–Crippen LogP) is 3.11. The molecule has 0 radical (unpaired) electrons. The van der Waals surface area contributed by atoms with Crippen LogP contribution in [0, 0.1) is 6.92 Å². The summed E-state index contributed by atoms with van der Waals surface area (Å²) in [7, 11) is 0. The quantitative estimate of drug-likeness (QED) is 0.790. The standard InChI is InChI=1S/C17H20N2O/c1-14-7-9-16(10-8-14)19-17(20)11-12-18-13-15-5-3-2-4-6-15/h2-10,18H,11-13H2,1H3,(H,19,20). The molecule has 0 aromatic heterocycles. The Morgan fingerprint density at radius 1 is 1.00 bits per heavy atom. The Bertz CT molecular complexity index is 535. The zero-order valence-corrected chi connectivity index (χ0v) is 11.7. The Labute approximate surface area is 120 Å². The first-order valence-corrected chi connectivity index (χ1v) is 6.85. The molecule has 104 valence electrons. The fraction of sp³-hybridized carbons (Fsp3) is 0.235. The molecule has 0 spiro atoms. The Balaban J connectivity index is 1.66. The molecule has 20 heavy (non-hydrogen) atoms. The third kappa shape index (κ3) is 4.86. The lowest BCUT2D eigenvalue weighted by Crippen LogP contribution is -2.21. The smallest absolute Gasteiger partial charge is 0.225 e. The lowest BCUT2D eigenvalue weighted by molar-refractivity contribution is -0.116. The van der Waals surface area contributed by atoms with Gasteiger partial charge in [-0.1, -0.05) is 48.0 Å². The number of carbonyl (C=O) groups is 1. The number of nitrogens with one attached hydrogen (secondary N) is 2. The fourth-order valence-corrected chi connectivity index (χ4v) is 1.89. The van der Waals surface area contributed by atoms with Gasteiger partial charge >= 0.3 is 0 Å². The summed E-state index contributed by atoms with van der Waals surface area (Å²) in [5, 5.41) is 6.16. The van der Waals surface area contributed by atoms with Crippen LogP contribution in [0.3, 0.4) is 0 Å². The number of carbonyl (C=O) groups excluding carboxylic acids is 1. The molecule has 3 nitrogen and oxygen atoms in total. The van der Waals surface area contributed by atoms with E-state index in [1.165, 1.54) is 11.1 Å². The highest BCUT2D eigenvalue weighted by Gasteiger charge is 2.01. The minimum atomic E-state index is 0.0365. The minimum absolute atomic E-state index is 0.0365. The summed E-state index contributed by atoms with van der Waals surface area (Å²) >= 11 is 0. The van der Waals surface area contributed by atoms with Gasteiger partial charge in [0.2, 0.25) is 5.91 Å². The van der Waals surface area contributed by atoms with Crippen molar-refractivity contribution >= 4 is 11.6 Å². The van der Waals surface area contributed by atoms with E-state index in [9.17, 15) is 4.79 Å². The van der Waals surface area contributed by atoms with Gasteiger partial charge in [0.15, 0.2) is 0 Å². The summed E-state index contributed by atoms with van der Waals surface area (Å²) in [5.74, 6) is 0.0365. The van der Waals surface area contributed by atoms with E-state index >= 15 is 0 Å². The first-order chi connectivity index (χ1) is 9.74. The Hall–Kier alpha value is -2.13. The number of rotatable bonds is 6. The molecule has 0 saturated carbocycles. The molecule has 0 heterocycles. The van der Waals surface area contributed by atoms with Crippen LogP contribution in [-0.2, 0) is 11.3 Å². The molecule has 0 saturated heterocycles. The SMILES string of the molecule is Cc1ccc(NC(=O)CCNCc2ccccc2)cc1. The topological polar surface area (TPSA) is 41.1 Å². The fourth-order valence-electron chi connectivity index (χ4n) is 1.89. The van der Waals surface area contributed by atoms with Crippen molar-refractivity contribution in [1.82, 2.24) is 5.32 Å². The highest BCUT2D eigenvalue weighted by atomic mass is 16.1. The van der Waals surface area contributed by atoms with E-state index in [2.05, 4.69) is 22.8 Å². The Morgan fingerprint density at radius 2 is 1.70 bits per heavy atom. The van der Waals surface area contributed by atoms with Gasteiger partial charge in [-0.15, -0.1) is 0 Å². The van der Waals surface area contributed by atoms with Crippen LogP contribution in [0.1, 0.15) is 17.5 Å². The van der Waals surface area contributed by atoms with Gasteiger partial charge in [0.25, 0.3) is 0 Å². The number of benzene rings is 2. The van der Waals surface area contributed by atoms with Gasteiger partial charge in [0.05, 0.1) is 0 Å². The molecule has 2 aromatic carbocycles. The van der Waals surface area contributed by atoms with E-state index < -0.39 is 0 Å². The van der Waals surface area contributed by atoms with Gasteiger partial charge in [-0.05, 0) is 24.6 Å². The molecule has 1 amide bonds. The van der Waals surface area contributed by atoms with Crippen molar-refractivity contribution in [2.75, 3.05) is 11.9 Å². The maximum Gasteiger partial charge on any atom is 0.225 e. The molecule has 2 aromatic rings. The third-order valence-electron chi connectivity index (χ3n) is 3.04. The molecular weight excluding hydrogens is 248 g/mol. The van der Waals surface area contributed by atoms with E-state index in [1.54, 1.807) is 0 Å². The van der Waals surface area contributed by atoms with Crippen LogP contribution < -0.4 is 10.6 Å².